The van der Waals surface area contributed by atoms with Gasteiger partial charge in [-0.15, -0.1) is 11.3 Å². The predicted molar refractivity (Wildman–Crippen MR) is 91.5 cm³/mol. The highest BCUT2D eigenvalue weighted by Crippen LogP contribution is 2.30. The molecule has 1 aliphatic carbocycles. The Morgan fingerprint density at radius 2 is 2.05 bits per heavy atom. The average molecular weight is 335 g/mol. The van der Waals surface area contributed by atoms with Crippen LogP contribution in [0.1, 0.15) is 42.6 Å². The second-order valence-corrected chi connectivity index (χ2v) is 7.00. The number of thiazole rings is 1. The molecule has 1 saturated carbocycles. The standard InChI is InChI=1S/C17H19ClN2OS/c18-14-9-5-4-8-13(14)17-20-15(11-22-17)16(21)19-10-12-6-2-1-3-7-12/h4-5,8-9,11-12H,1-3,6-7,10H2,(H,19,21). The summed E-state index contributed by atoms with van der Waals surface area (Å²) in [4.78, 5) is 16.6. The van der Waals surface area contributed by atoms with Gasteiger partial charge in [0.25, 0.3) is 5.91 Å². The molecule has 0 radical (unpaired) electrons. The Kier molecular flexibility index (Phi) is 5.11. The lowest BCUT2D eigenvalue weighted by atomic mass is 9.89. The van der Waals surface area contributed by atoms with Crippen LogP contribution in [-0.4, -0.2) is 17.4 Å². The van der Waals surface area contributed by atoms with Crippen molar-refractivity contribution in [1.82, 2.24) is 10.3 Å². The zero-order valence-electron chi connectivity index (χ0n) is 12.3. The number of rotatable bonds is 4. The number of benzene rings is 1. The van der Waals surface area contributed by atoms with Crippen LogP contribution in [0.3, 0.4) is 0 Å². The van der Waals surface area contributed by atoms with Crippen LogP contribution in [0.5, 0.6) is 0 Å². The third-order valence-corrected chi connectivity index (χ3v) is 5.32. The molecule has 1 N–H and O–H groups in total. The van der Waals surface area contributed by atoms with E-state index in [9.17, 15) is 4.79 Å². The minimum absolute atomic E-state index is 0.0832. The minimum atomic E-state index is -0.0832. The Bertz CT molecular complexity index is 650. The fourth-order valence-corrected chi connectivity index (χ4v) is 3.98. The maximum absolute atomic E-state index is 12.2. The number of nitrogens with zero attached hydrogens (tertiary/aromatic N) is 1. The Balaban J connectivity index is 1.63. The van der Waals surface area contributed by atoms with Crippen LogP contribution in [0.25, 0.3) is 10.6 Å². The molecule has 1 fully saturated rings. The number of halogens is 1. The fraction of sp³-hybridized carbons (Fsp3) is 0.412. The number of carbonyl (C=O) groups excluding carboxylic acids is 1. The van der Waals surface area contributed by atoms with Gasteiger partial charge in [-0.25, -0.2) is 4.98 Å². The third-order valence-electron chi connectivity index (χ3n) is 4.12. The number of nitrogens with one attached hydrogen (secondary N) is 1. The summed E-state index contributed by atoms with van der Waals surface area (Å²) in [5.41, 5.74) is 1.36. The lowest BCUT2D eigenvalue weighted by molar-refractivity contribution is 0.0939. The molecule has 2 aromatic rings. The SMILES string of the molecule is O=C(NCC1CCCCC1)c1csc(-c2ccccc2Cl)n1. The van der Waals surface area contributed by atoms with E-state index in [4.69, 9.17) is 11.6 Å². The molecule has 1 amide bonds. The zero-order chi connectivity index (χ0) is 15.4. The lowest BCUT2D eigenvalue weighted by Gasteiger charge is -2.21. The number of aromatic nitrogens is 1. The summed E-state index contributed by atoms with van der Waals surface area (Å²) in [5, 5.41) is 6.26. The Morgan fingerprint density at radius 3 is 2.82 bits per heavy atom. The van der Waals surface area contributed by atoms with Gasteiger partial charge < -0.3 is 5.32 Å². The van der Waals surface area contributed by atoms with Crippen molar-refractivity contribution in [2.45, 2.75) is 32.1 Å². The summed E-state index contributed by atoms with van der Waals surface area (Å²) < 4.78 is 0. The monoisotopic (exact) mass is 334 g/mol. The summed E-state index contributed by atoms with van der Waals surface area (Å²) in [7, 11) is 0. The Morgan fingerprint density at radius 1 is 1.27 bits per heavy atom. The molecule has 0 aliphatic heterocycles. The maximum atomic E-state index is 12.2. The second-order valence-electron chi connectivity index (χ2n) is 5.73. The second kappa shape index (κ2) is 7.25. The van der Waals surface area contributed by atoms with Gasteiger partial charge >= 0.3 is 0 Å². The van der Waals surface area contributed by atoms with E-state index in [0.717, 1.165) is 17.1 Å². The largest absolute Gasteiger partial charge is 0.350 e. The van der Waals surface area contributed by atoms with Crippen LogP contribution < -0.4 is 5.32 Å². The summed E-state index contributed by atoms with van der Waals surface area (Å²) in [6.45, 7) is 0.762. The first-order chi connectivity index (χ1) is 10.7. The van der Waals surface area contributed by atoms with Crippen LogP contribution >= 0.6 is 22.9 Å². The number of hydrogen-bond donors (Lipinski definition) is 1. The number of amides is 1. The maximum Gasteiger partial charge on any atom is 0.270 e. The van der Waals surface area contributed by atoms with Gasteiger partial charge in [0.05, 0.1) is 5.02 Å². The zero-order valence-corrected chi connectivity index (χ0v) is 13.9. The van der Waals surface area contributed by atoms with E-state index < -0.39 is 0 Å². The molecule has 1 heterocycles. The van der Waals surface area contributed by atoms with E-state index >= 15 is 0 Å². The van der Waals surface area contributed by atoms with Crippen molar-refractivity contribution in [2.75, 3.05) is 6.54 Å². The van der Waals surface area contributed by atoms with Gasteiger partial charge in [0.2, 0.25) is 0 Å². The van der Waals surface area contributed by atoms with Crippen molar-refractivity contribution < 1.29 is 4.79 Å². The molecule has 3 nitrogen and oxygen atoms in total. The highest BCUT2D eigenvalue weighted by molar-refractivity contribution is 7.13. The molecular formula is C17H19ClN2OS. The van der Waals surface area contributed by atoms with E-state index in [1.165, 1.54) is 43.4 Å². The van der Waals surface area contributed by atoms with E-state index in [-0.39, 0.29) is 5.91 Å². The molecule has 1 aromatic carbocycles. The van der Waals surface area contributed by atoms with Crippen molar-refractivity contribution in [2.24, 2.45) is 5.92 Å². The highest BCUT2D eigenvalue weighted by atomic mass is 35.5. The van der Waals surface area contributed by atoms with E-state index in [1.54, 1.807) is 5.38 Å². The summed E-state index contributed by atoms with van der Waals surface area (Å²) >= 11 is 7.63. The molecular weight excluding hydrogens is 316 g/mol. The molecule has 116 valence electrons. The van der Waals surface area contributed by atoms with E-state index in [0.29, 0.717) is 16.6 Å². The number of hydrogen-bond acceptors (Lipinski definition) is 3. The van der Waals surface area contributed by atoms with Crippen molar-refractivity contribution in [3.63, 3.8) is 0 Å². The van der Waals surface area contributed by atoms with Crippen molar-refractivity contribution in [1.29, 1.82) is 0 Å². The molecule has 22 heavy (non-hydrogen) atoms. The smallest absolute Gasteiger partial charge is 0.270 e. The molecule has 3 rings (SSSR count). The fourth-order valence-electron chi connectivity index (χ4n) is 2.86. The van der Waals surface area contributed by atoms with Crippen LogP contribution in [-0.2, 0) is 0 Å². The Hall–Kier alpha value is -1.39. The normalized spacial score (nSPS) is 15.7. The van der Waals surface area contributed by atoms with Crippen LogP contribution in [0.4, 0.5) is 0 Å². The molecule has 1 aromatic heterocycles. The lowest BCUT2D eigenvalue weighted by Crippen LogP contribution is -2.30. The summed E-state index contributed by atoms with van der Waals surface area (Å²) in [5.74, 6) is 0.541. The molecule has 0 bridgehead atoms. The van der Waals surface area contributed by atoms with Crippen LogP contribution in [0.15, 0.2) is 29.6 Å². The first-order valence-electron chi connectivity index (χ1n) is 7.72. The predicted octanol–water partition coefficient (Wildman–Crippen LogP) is 4.77. The molecule has 0 spiro atoms. The van der Waals surface area contributed by atoms with Gasteiger partial charge in [-0.3, -0.25) is 4.79 Å². The summed E-state index contributed by atoms with van der Waals surface area (Å²) in [6.07, 6.45) is 6.35. The number of carbonyl (C=O) groups is 1. The van der Waals surface area contributed by atoms with E-state index in [2.05, 4.69) is 10.3 Å². The van der Waals surface area contributed by atoms with E-state index in [1.807, 2.05) is 24.3 Å². The van der Waals surface area contributed by atoms with Gasteiger partial charge in [0.1, 0.15) is 10.7 Å². The third kappa shape index (κ3) is 3.68. The van der Waals surface area contributed by atoms with Crippen LogP contribution in [0, 0.1) is 5.92 Å². The van der Waals surface area contributed by atoms with Crippen LogP contribution in [0.2, 0.25) is 5.02 Å². The first kappa shape index (κ1) is 15.5. The summed E-state index contributed by atoms with van der Waals surface area (Å²) in [6, 6.07) is 7.56. The average Bonchev–Trinajstić information content (AvgIpc) is 3.04. The first-order valence-corrected chi connectivity index (χ1v) is 8.98. The molecule has 1 aliphatic rings. The highest BCUT2D eigenvalue weighted by Gasteiger charge is 2.17. The van der Waals surface area contributed by atoms with Crippen molar-refractivity contribution in [3.05, 3.63) is 40.4 Å². The molecule has 0 atom stereocenters. The molecule has 0 saturated heterocycles. The van der Waals surface area contributed by atoms with Gasteiger partial charge in [-0.05, 0) is 24.8 Å². The van der Waals surface area contributed by atoms with Crippen molar-refractivity contribution in [3.8, 4) is 10.6 Å². The van der Waals surface area contributed by atoms with Gasteiger partial charge in [-0.1, -0.05) is 49.1 Å². The minimum Gasteiger partial charge on any atom is -0.350 e. The van der Waals surface area contributed by atoms with Gasteiger partial charge in [0, 0.05) is 17.5 Å². The molecule has 0 unspecified atom stereocenters. The topological polar surface area (TPSA) is 42.0 Å². The molecule has 5 heteroatoms. The Labute approximate surface area is 139 Å². The van der Waals surface area contributed by atoms with Gasteiger partial charge in [-0.2, -0.15) is 0 Å². The van der Waals surface area contributed by atoms with Crippen molar-refractivity contribution >= 4 is 28.8 Å². The van der Waals surface area contributed by atoms with Gasteiger partial charge in [0.15, 0.2) is 0 Å². The quantitative estimate of drug-likeness (QED) is 0.874.